The molecule has 3 heterocycles. The number of halogens is 1. The summed E-state index contributed by atoms with van der Waals surface area (Å²) in [5.41, 5.74) is 0.365. The molecule has 0 bridgehead atoms. The Morgan fingerprint density at radius 2 is 2.12 bits per heavy atom. The molecule has 0 radical (unpaired) electrons. The zero-order valence-electron chi connectivity index (χ0n) is 13.4. The minimum atomic E-state index is -0.116. The number of hydrogen-bond acceptors (Lipinski definition) is 7. The summed E-state index contributed by atoms with van der Waals surface area (Å²) in [5.74, 6) is 1.36. The Morgan fingerprint density at radius 1 is 1.38 bits per heavy atom. The van der Waals surface area contributed by atoms with E-state index in [1.54, 1.807) is 29.7 Å². The lowest BCUT2D eigenvalue weighted by atomic mass is 10.3. The van der Waals surface area contributed by atoms with Crippen molar-refractivity contribution in [3.63, 3.8) is 0 Å². The molecule has 0 aliphatic carbocycles. The summed E-state index contributed by atoms with van der Waals surface area (Å²) < 4.78 is 6.83. The number of aromatic nitrogens is 4. The van der Waals surface area contributed by atoms with Gasteiger partial charge in [0.15, 0.2) is 5.69 Å². The molecule has 1 aliphatic heterocycles. The molecule has 0 saturated carbocycles. The molecule has 3 rings (SSSR count). The molecular formula is C14H18ClN7O2. The molecule has 9 nitrogen and oxygen atoms in total. The Balaban J connectivity index is 1.77. The minimum absolute atomic E-state index is 0.116. The van der Waals surface area contributed by atoms with Crippen LogP contribution in [0.2, 0.25) is 5.02 Å². The van der Waals surface area contributed by atoms with Crippen molar-refractivity contribution >= 4 is 35.1 Å². The number of anilines is 3. The second-order valence-corrected chi connectivity index (χ2v) is 5.62. The quantitative estimate of drug-likeness (QED) is 0.851. The van der Waals surface area contributed by atoms with Crippen LogP contribution in [0.4, 0.5) is 17.6 Å². The van der Waals surface area contributed by atoms with Gasteiger partial charge in [-0.3, -0.25) is 9.48 Å². The fraction of sp³-hybridized carbons (Fsp3) is 0.429. The van der Waals surface area contributed by atoms with Gasteiger partial charge in [-0.1, -0.05) is 11.6 Å². The number of nitrogens with zero attached hydrogens (tertiary/aromatic N) is 5. The number of morpholine rings is 1. The highest BCUT2D eigenvalue weighted by atomic mass is 35.5. The van der Waals surface area contributed by atoms with Gasteiger partial charge >= 0.3 is 0 Å². The predicted octanol–water partition coefficient (Wildman–Crippen LogP) is 1.12. The molecule has 128 valence electrons. The largest absolute Gasteiger partial charge is 0.378 e. The van der Waals surface area contributed by atoms with E-state index in [4.69, 9.17) is 16.3 Å². The van der Waals surface area contributed by atoms with Gasteiger partial charge in [-0.05, 0) is 0 Å². The lowest BCUT2D eigenvalue weighted by molar-refractivity contribution is 0.0298. The fourth-order valence-corrected chi connectivity index (χ4v) is 2.52. The van der Waals surface area contributed by atoms with Crippen molar-refractivity contribution < 1.29 is 9.53 Å². The number of ether oxygens (including phenoxy) is 1. The molecule has 24 heavy (non-hydrogen) atoms. The average Bonchev–Trinajstić information content (AvgIpc) is 2.97. The van der Waals surface area contributed by atoms with Gasteiger partial charge in [-0.15, -0.1) is 0 Å². The second kappa shape index (κ2) is 7.02. The molecule has 1 amide bonds. The summed E-state index contributed by atoms with van der Waals surface area (Å²) in [7, 11) is 3.47. The van der Waals surface area contributed by atoms with E-state index < -0.39 is 0 Å². The van der Waals surface area contributed by atoms with Gasteiger partial charge in [0, 0.05) is 33.3 Å². The van der Waals surface area contributed by atoms with Crippen LogP contribution in [0.1, 0.15) is 10.5 Å². The van der Waals surface area contributed by atoms with Crippen LogP contribution in [0.25, 0.3) is 0 Å². The second-order valence-electron chi connectivity index (χ2n) is 5.21. The van der Waals surface area contributed by atoms with Crippen molar-refractivity contribution in [1.29, 1.82) is 0 Å². The van der Waals surface area contributed by atoms with Crippen LogP contribution >= 0.6 is 11.6 Å². The van der Waals surface area contributed by atoms with Crippen LogP contribution in [0.15, 0.2) is 12.3 Å². The van der Waals surface area contributed by atoms with Gasteiger partial charge in [-0.2, -0.15) is 10.1 Å². The van der Waals surface area contributed by atoms with Gasteiger partial charge in [0.1, 0.15) is 16.7 Å². The number of aryl methyl sites for hydroxylation is 1. The summed E-state index contributed by atoms with van der Waals surface area (Å²) in [4.78, 5) is 22.6. The standard InChI is InChI=1S/C14H18ClN7O2/c1-16-12-9(15)8-17-14(19-12)18-11-7-10(20-21(11)2)13(23)22-3-5-24-6-4-22/h7-8H,3-6H2,1-2H3,(H2,16,17,18,19). The maximum Gasteiger partial charge on any atom is 0.274 e. The average molecular weight is 352 g/mol. The molecule has 2 aromatic rings. The summed E-state index contributed by atoms with van der Waals surface area (Å²) in [6, 6.07) is 1.68. The van der Waals surface area contributed by atoms with Crippen LogP contribution in [0, 0.1) is 0 Å². The first-order chi connectivity index (χ1) is 11.6. The van der Waals surface area contributed by atoms with Crippen LogP contribution in [0.3, 0.4) is 0 Å². The van der Waals surface area contributed by atoms with E-state index >= 15 is 0 Å². The number of hydrogen-bond donors (Lipinski definition) is 2. The van der Waals surface area contributed by atoms with E-state index in [0.717, 1.165) is 0 Å². The third-order valence-electron chi connectivity index (χ3n) is 3.62. The Hall–Kier alpha value is -2.39. The molecular weight excluding hydrogens is 334 g/mol. The first-order valence-electron chi connectivity index (χ1n) is 7.47. The molecule has 1 aliphatic rings. The van der Waals surface area contributed by atoms with Gasteiger partial charge in [-0.25, -0.2) is 4.98 Å². The van der Waals surface area contributed by atoms with Gasteiger partial charge in [0.25, 0.3) is 5.91 Å². The SMILES string of the molecule is CNc1nc(Nc2cc(C(=O)N3CCOCC3)nn2C)ncc1Cl. The molecule has 0 spiro atoms. The van der Waals surface area contributed by atoms with Crippen LogP contribution < -0.4 is 10.6 Å². The van der Waals surface area contributed by atoms with Crippen molar-refractivity contribution in [2.24, 2.45) is 7.05 Å². The van der Waals surface area contributed by atoms with Crippen LogP contribution in [-0.4, -0.2) is 63.9 Å². The molecule has 1 saturated heterocycles. The molecule has 0 aromatic carbocycles. The van der Waals surface area contributed by atoms with E-state index in [1.807, 2.05) is 0 Å². The van der Waals surface area contributed by atoms with Crippen molar-refractivity contribution in [2.75, 3.05) is 44.0 Å². The van der Waals surface area contributed by atoms with Crippen molar-refractivity contribution in [1.82, 2.24) is 24.6 Å². The van der Waals surface area contributed by atoms with Crippen molar-refractivity contribution in [3.8, 4) is 0 Å². The molecule has 2 N–H and O–H groups in total. The van der Waals surface area contributed by atoms with E-state index in [0.29, 0.717) is 54.6 Å². The van der Waals surface area contributed by atoms with Gasteiger partial charge in [0.05, 0.1) is 19.4 Å². The van der Waals surface area contributed by atoms with Crippen LogP contribution in [0.5, 0.6) is 0 Å². The van der Waals surface area contributed by atoms with Gasteiger partial charge in [0.2, 0.25) is 5.95 Å². The normalized spacial score (nSPS) is 14.5. The van der Waals surface area contributed by atoms with Crippen molar-refractivity contribution in [3.05, 3.63) is 23.0 Å². The lowest BCUT2D eigenvalue weighted by Crippen LogP contribution is -2.40. The summed E-state index contributed by atoms with van der Waals surface area (Å²) in [5, 5.41) is 10.6. The highest BCUT2D eigenvalue weighted by Crippen LogP contribution is 2.21. The van der Waals surface area contributed by atoms with Gasteiger partial charge < -0.3 is 20.3 Å². The predicted molar refractivity (Wildman–Crippen MR) is 89.8 cm³/mol. The van der Waals surface area contributed by atoms with Crippen molar-refractivity contribution in [2.45, 2.75) is 0 Å². The number of amides is 1. The lowest BCUT2D eigenvalue weighted by Gasteiger charge is -2.25. The number of carbonyl (C=O) groups is 1. The number of rotatable bonds is 4. The zero-order valence-corrected chi connectivity index (χ0v) is 14.2. The first kappa shape index (κ1) is 16.5. The third-order valence-corrected chi connectivity index (χ3v) is 3.89. The van der Waals surface area contributed by atoms with E-state index in [-0.39, 0.29) is 5.91 Å². The third kappa shape index (κ3) is 3.41. The molecule has 0 unspecified atom stereocenters. The molecule has 10 heteroatoms. The molecule has 1 fully saturated rings. The fourth-order valence-electron chi connectivity index (χ4n) is 2.33. The number of carbonyl (C=O) groups excluding carboxylic acids is 1. The highest BCUT2D eigenvalue weighted by Gasteiger charge is 2.22. The van der Waals surface area contributed by atoms with Crippen LogP contribution in [-0.2, 0) is 11.8 Å². The minimum Gasteiger partial charge on any atom is -0.378 e. The Bertz CT molecular complexity index is 743. The first-order valence-corrected chi connectivity index (χ1v) is 7.84. The summed E-state index contributed by atoms with van der Waals surface area (Å²) in [6.07, 6.45) is 1.50. The number of nitrogens with one attached hydrogen (secondary N) is 2. The summed E-state index contributed by atoms with van der Waals surface area (Å²) >= 11 is 5.97. The van der Waals surface area contributed by atoms with E-state index in [2.05, 4.69) is 25.7 Å². The molecule has 2 aromatic heterocycles. The topological polar surface area (TPSA) is 97.2 Å². The maximum absolute atomic E-state index is 12.5. The summed E-state index contributed by atoms with van der Waals surface area (Å²) in [6.45, 7) is 2.25. The maximum atomic E-state index is 12.5. The van der Waals surface area contributed by atoms with E-state index in [9.17, 15) is 4.79 Å². The molecule has 0 atom stereocenters. The Morgan fingerprint density at radius 3 is 2.83 bits per heavy atom. The Kier molecular flexibility index (Phi) is 4.81. The highest BCUT2D eigenvalue weighted by molar-refractivity contribution is 6.32. The zero-order chi connectivity index (χ0) is 17.1. The Labute approximate surface area is 144 Å². The van der Waals surface area contributed by atoms with E-state index in [1.165, 1.54) is 6.20 Å². The smallest absolute Gasteiger partial charge is 0.274 e. The monoisotopic (exact) mass is 351 g/mol.